The first-order valence-corrected chi connectivity index (χ1v) is 9.75. The number of hydrogen-bond acceptors (Lipinski definition) is 4. The summed E-state index contributed by atoms with van der Waals surface area (Å²) in [7, 11) is 0. The van der Waals surface area contributed by atoms with Gasteiger partial charge in [-0.2, -0.15) is 9.78 Å². The molecule has 3 aromatic rings. The van der Waals surface area contributed by atoms with Gasteiger partial charge < -0.3 is 10.6 Å². The van der Waals surface area contributed by atoms with Crippen molar-refractivity contribution in [1.82, 2.24) is 9.78 Å². The lowest BCUT2D eigenvalue weighted by Gasteiger charge is -2.11. The van der Waals surface area contributed by atoms with Gasteiger partial charge in [-0.05, 0) is 48.7 Å². The first-order chi connectivity index (χ1) is 13.8. The van der Waals surface area contributed by atoms with Crippen molar-refractivity contribution in [2.75, 3.05) is 17.2 Å². The molecule has 0 aliphatic rings. The first-order valence-electron chi connectivity index (χ1n) is 9.00. The molecule has 1 heterocycles. The average Bonchev–Trinajstić information content (AvgIpc) is 2.68. The second-order valence-electron chi connectivity index (χ2n) is 6.58. The zero-order valence-electron chi connectivity index (χ0n) is 16.0. The third-order valence-electron chi connectivity index (χ3n) is 4.32. The fraction of sp³-hybridized carbons (Fsp3) is 0.190. The van der Waals surface area contributed by atoms with Crippen molar-refractivity contribution in [3.05, 3.63) is 80.2 Å². The van der Waals surface area contributed by atoms with Crippen molar-refractivity contribution >= 4 is 40.5 Å². The second kappa shape index (κ2) is 9.11. The minimum atomic E-state index is -0.420. The van der Waals surface area contributed by atoms with E-state index >= 15 is 0 Å². The van der Waals surface area contributed by atoms with Crippen LogP contribution >= 0.6 is 23.2 Å². The van der Waals surface area contributed by atoms with Gasteiger partial charge in [0, 0.05) is 24.2 Å². The van der Waals surface area contributed by atoms with Crippen LogP contribution in [-0.4, -0.2) is 22.2 Å². The highest BCUT2D eigenvalue weighted by molar-refractivity contribution is 6.33. The molecule has 0 atom stereocenters. The molecule has 1 aromatic heterocycles. The fourth-order valence-electron chi connectivity index (χ4n) is 2.75. The summed E-state index contributed by atoms with van der Waals surface area (Å²) >= 11 is 12.4. The lowest BCUT2D eigenvalue weighted by Crippen LogP contribution is -2.23. The minimum Gasteiger partial charge on any atom is -0.382 e. The fourth-order valence-corrected chi connectivity index (χ4v) is 3.12. The van der Waals surface area contributed by atoms with Crippen LogP contribution in [0.3, 0.4) is 0 Å². The predicted molar refractivity (Wildman–Crippen MR) is 118 cm³/mol. The maximum atomic E-state index is 12.6. The number of anilines is 2. The van der Waals surface area contributed by atoms with Gasteiger partial charge >= 0.3 is 0 Å². The molecule has 0 spiro atoms. The van der Waals surface area contributed by atoms with Crippen LogP contribution < -0.4 is 16.2 Å². The summed E-state index contributed by atoms with van der Waals surface area (Å²) in [6, 6.07) is 12.8. The van der Waals surface area contributed by atoms with Crippen LogP contribution in [0.2, 0.25) is 10.0 Å². The zero-order chi connectivity index (χ0) is 21.0. The molecule has 6 nitrogen and oxygen atoms in total. The van der Waals surface area contributed by atoms with Crippen molar-refractivity contribution in [1.29, 1.82) is 0 Å². The number of benzene rings is 2. The zero-order valence-corrected chi connectivity index (χ0v) is 17.5. The molecule has 0 bridgehead atoms. The van der Waals surface area contributed by atoms with E-state index in [1.165, 1.54) is 17.8 Å². The number of hydrogen-bond donors (Lipinski definition) is 2. The molecule has 1 amide bonds. The van der Waals surface area contributed by atoms with Gasteiger partial charge in [0.15, 0.2) is 0 Å². The largest absolute Gasteiger partial charge is 0.382 e. The molecule has 29 heavy (non-hydrogen) atoms. The Kier molecular flexibility index (Phi) is 6.56. The Morgan fingerprint density at radius 1 is 1.14 bits per heavy atom. The van der Waals surface area contributed by atoms with E-state index in [0.29, 0.717) is 29.4 Å². The summed E-state index contributed by atoms with van der Waals surface area (Å²) in [5.74, 6) is -0.107. The van der Waals surface area contributed by atoms with E-state index in [2.05, 4.69) is 15.7 Å². The van der Waals surface area contributed by atoms with Crippen LogP contribution in [0, 0.1) is 6.92 Å². The number of rotatable bonds is 6. The van der Waals surface area contributed by atoms with Crippen LogP contribution in [0.5, 0.6) is 0 Å². The molecule has 3 rings (SSSR count). The van der Waals surface area contributed by atoms with Crippen LogP contribution in [0.15, 0.2) is 53.5 Å². The average molecular weight is 431 g/mol. The van der Waals surface area contributed by atoms with Crippen molar-refractivity contribution in [2.24, 2.45) is 0 Å². The molecular weight excluding hydrogens is 411 g/mol. The Morgan fingerprint density at radius 3 is 2.52 bits per heavy atom. The molecule has 2 N–H and O–H groups in total. The molecule has 0 saturated carbocycles. The molecule has 8 heteroatoms. The lowest BCUT2D eigenvalue weighted by molar-refractivity contribution is -0.114. The molecule has 150 valence electrons. The minimum absolute atomic E-state index is 0.0673. The highest BCUT2D eigenvalue weighted by Gasteiger charge is 2.11. The van der Waals surface area contributed by atoms with Gasteiger partial charge in [-0.3, -0.25) is 9.59 Å². The summed E-state index contributed by atoms with van der Waals surface area (Å²) in [5.41, 5.74) is 3.35. The maximum absolute atomic E-state index is 12.6. The third-order valence-corrected chi connectivity index (χ3v) is 5.09. The van der Waals surface area contributed by atoms with Gasteiger partial charge in [0.2, 0.25) is 5.91 Å². The molecule has 0 aliphatic heterocycles. The normalized spacial score (nSPS) is 10.6. The number of aromatic nitrogens is 2. The number of amides is 1. The molecule has 0 radical (unpaired) electrons. The highest BCUT2D eigenvalue weighted by Crippen LogP contribution is 2.20. The number of carbonyl (C=O) groups excluding carboxylic acids is 1. The molecule has 0 aliphatic carbocycles. The Balaban J connectivity index is 1.67. The smallest absolute Gasteiger partial charge is 0.292 e. The van der Waals surface area contributed by atoms with E-state index in [1.807, 2.05) is 37.3 Å². The van der Waals surface area contributed by atoms with Crippen molar-refractivity contribution in [3.63, 3.8) is 0 Å². The van der Waals surface area contributed by atoms with E-state index in [9.17, 15) is 9.59 Å². The Labute approximate surface area is 178 Å². The highest BCUT2D eigenvalue weighted by atomic mass is 35.5. The Hall–Kier alpha value is -2.83. The number of halogens is 2. The molecule has 0 unspecified atom stereocenters. The van der Waals surface area contributed by atoms with E-state index in [1.54, 1.807) is 12.1 Å². The predicted octanol–water partition coefficient (Wildman–Crippen LogP) is 4.46. The molecule has 2 aromatic carbocycles. The summed E-state index contributed by atoms with van der Waals surface area (Å²) in [4.78, 5) is 23.7. The Bertz CT molecular complexity index is 1090. The number of aryl methyl sites for hydroxylation is 1. The second-order valence-corrected chi connectivity index (χ2v) is 7.36. The molecule has 0 saturated heterocycles. The van der Waals surface area contributed by atoms with Gasteiger partial charge in [-0.1, -0.05) is 41.4 Å². The Morgan fingerprint density at radius 2 is 1.86 bits per heavy atom. The standard InChI is InChI=1S/C21H20Cl2N4O2/c1-13-3-8-17(11-18(13)22)27-21(29)20(23)19(12-25-27)24-10-9-15-4-6-16(7-5-15)26-14(2)28/h3-8,11-12,24H,9-10H2,1-2H3,(H,26,28). The number of nitrogens with one attached hydrogen (secondary N) is 2. The van der Waals surface area contributed by atoms with Gasteiger partial charge in [0.25, 0.3) is 5.56 Å². The van der Waals surface area contributed by atoms with Gasteiger partial charge in [0.1, 0.15) is 5.02 Å². The van der Waals surface area contributed by atoms with Gasteiger partial charge in [0.05, 0.1) is 17.6 Å². The van der Waals surface area contributed by atoms with Crippen LogP contribution in [-0.2, 0) is 11.2 Å². The first kappa shape index (κ1) is 20.9. The SMILES string of the molecule is CC(=O)Nc1ccc(CCNc2cnn(-c3ccc(C)c(Cl)c3)c(=O)c2Cl)cc1. The number of nitrogens with zero attached hydrogens (tertiary/aromatic N) is 2. The lowest BCUT2D eigenvalue weighted by atomic mass is 10.1. The topological polar surface area (TPSA) is 76.0 Å². The third kappa shape index (κ3) is 5.16. The van der Waals surface area contributed by atoms with Crippen molar-refractivity contribution in [2.45, 2.75) is 20.3 Å². The quantitative estimate of drug-likeness (QED) is 0.604. The van der Waals surface area contributed by atoms with E-state index in [0.717, 1.165) is 16.8 Å². The van der Waals surface area contributed by atoms with Crippen molar-refractivity contribution < 1.29 is 4.79 Å². The van der Waals surface area contributed by atoms with E-state index < -0.39 is 5.56 Å². The van der Waals surface area contributed by atoms with Crippen LogP contribution in [0.1, 0.15) is 18.1 Å². The van der Waals surface area contributed by atoms with E-state index in [4.69, 9.17) is 23.2 Å². The monoisotopic (exact) mass is 430 g/mol. The summed E-state index contributed by atoms with van der Waals surface area (Å²) < 4.78 is 1.22. The van der Waals surface area contributed by atoms with Crippen LogP contribution in [0.4, 0.5) is 11.4 Å². The summed E-state index contributed by atoms with van der Waals surface area (Å²) in [5, 5.41) is 10.7. The van der Waals surface area contributed by atoms with Crippen molar-refractivity contribution in [3.8, 4) is 5.69 Å². The van der Waals surface area contributed by atoms with E-state index in [-0.39, 0.29) is 10.9 Å². The van der Waals surface area contributed by atoms with Crippen LogP contribution in [0.25, 0.3) is 5.69 Å². The number of carbonyl (C=O) groups is 1. The van der Waals surface area contributed by atoms with Gasteiger partial charge in [-0.15, -0.1) is 0 Å². The summed E-state index contributed by atoms with van der Waals surface area (Å²) in [6.45, 7) is 3.92. The summed E-state index contributed by atoms with van der Waals surface area (Å²) in [6.07, 6.45) is 2.24. The molecular formula is C21H20Cl2N4O2. The van der Waals surface area contributed by atoms with Gasteiger partial charge in [-0.25, -0.2) is 0 Å². The maximum Gasteiger partial charge on any atom is 0.292 e. The molecule has 0 fully saturated rings.